The zero-order valence-electron chi connectivity index (χ0n) is 16.9. The monoisotopic (exact) mass is 391 g/mol. The molecule has 1 saturated heterocycles. The summed E-state index contributed by atoms with van der Waals surface area (Å²) in [7, 11) is 0. The van der Waals surface area contributed by atoms with E-state index in [1.807, 2.05) is 4.90 Å². The summed E-state index contributed by atoms with van der Waals surface area (Å²) in [4.78, 5) is 44.1. The van der Waals surface area contributed by atoms with Crippen molar-refractivity contribution in [3.8, 4) is 0 Å². The van der Waals surface area contributed by atoms with Gasteiger partial charge in [0.25, 0.3) is 0 Å². The fourth-order valence-electron chi connectivity index (χ4n) is 3.60. The van der Waals surface area contributed by atoms with E-state index < -0.39 is 11.9 Å². The normalized spacial score (nSPS) is 17.5. The van der Waals surface area contributed by atoms with Crippen LogP contribution in [0.1, 0.15) is 58.8 Å². The van der Waals surface area contributed by atoms with Gasteiger partial charge in [-0.1, -0.05) is 0 Å². The van der Waals surface area contributed by atoms with Gasteiger partial charge < -0.3 is 19.4 Å². The van der Waals surface area contributed by atoms with Crippen molar-refractivity contribution in [2.45, 2.75) is 40.2 Å². The number of piperazine rings is 1. The summed E-state index contributed by atoms with van der Waals surface area (Å²) >= 11 is 0. The van der Waals surface area contributed by atoms with Crippen LogP contribution in [0.15, 0.2) is 0 Å². The van der Waals surface area contributed by atoms with Gasteiger partial charge in [-0.25, -0.2) is 9.59 Å². The number of aromatic amines is 1. The van der Waals surface area contributed by atoms with Crippen LogP contribution in [0.2, 0.25) is 0 Å². The van der Waals surface area contributed by atoms with Crippen LogP contribution in [-0.4, -0.2) is 72.0 Å². The molecule has 0 atom stereocenters. The Morgan fingerprint density at radius 1 is 1.00 bits per heavy atom. The highest BCUT2D eigenvalue weighted by Gasteiger charge is 2.35. The van der Waals surface area contributed by atoms with Crippen LogP contribution >= 0.6 is 0 Å². The van der Waals surface area contributed by atoms with Crippen LogP contribution in [0.3, 0.4) is 0 Å². The number of ether oxygens (including phenoxy) is 2. The van der Waals surface area contributed by atoms with Crippen LogP contribution in [0.25, 0.3) is 0 Å². The van der Waals surface area contributed by atoms with E-state index in [0.29, 0.717) is 42.1 Å². The smallest absolute Gasteiger partial charge is 0.355 e. The third kappa shape index (κ3) is 4.38. The first-order valence-electron chi connectivity index (χ1n) is 10.0. The second-order valence-corrected chi connectivity index (χ2v) is 7.30. The van der Waals surface area contributed by atoms with Crippen molar-refractivity contribution >= 4 is 17.8 Å². The molecule has 1 aliphatic heterocycles. The van der Waals surface area contributed by atoms with Gasteiger partial charge >= 0.3 is 11.9 Å². The van der Waals surface area contributed by atoms with E-state index in [1.165, 1.54) is 0 Å². The zero-order valence-corrected chi connectivity index (χ0v) is 16.9. The molecule has 0 aromatic carbocycles. The largest absolute Gasteiger partial charge is 0.462 e. The first-order valence-corrected chi connectivity index (χ1v) is 10.0. The molecule has 2 fully saturated rings. The minimum atomic E-state index is -0.475. The third-order valence-corrected chi connectivity index (χ3v) is 5.28. The lowest BCUT2D eigenvalue weighted by atomic mass is 10.1. The Kier molecular flexibility index (Phi) is 6.39. The molecule has 1 saturated carbocycles. The van der Waals surface area contributed by atoms with Gasteiger partial charge in [0.1, 0.15) is 5.69 Å². The number of carbonyl (C=O) groups is 3. The second-order valence-electron chi connectivity index (χ2n) is 7.30. The Morgan fingerprint density at radius 2 is 1.61 bits per heavy atom. The number of hydrogen-bond acceptors (Lipinski definition) is 6. The molecule has 1 aromatic heterocycles. The molecule has 0 spiro atoms. The van der Waals surface area contributed by atoms with E-state index in [2.05, 4.69) is 9.88 Å². The summed E-state index contributed by atoms with van der Waals surface area (Å²) in [6, 6.07) is 0. The van der Waals surface area contributed by atoms with E-state index in [4.69, 9.17) is 9.47 Å². The summed E-state index contributed by atoms with van der Waals surface area (Å²) in [5.74, 6) is -0.409. The highest BCUT2D eigenvalue weighted by molar-refractivity contribution is 5.98. The summed E-state index contributed by atoms with van der Waals surface area (Å²) in [6.45, 7) is 9.07. The summed E-state index contributed by atoms with van der Waals surface area (Å²) in [6.07, 6.45) is 2.03. The molecule has 8 nitrogen and oxygen atoms in total. The molecule has 3 rings (SSSR count). The highest BCUT2D eigenvalue weighted by Crippen LogP contribution is 2.31. The van der Waals surface area contributed by atoms with Gasteiger partial charge in [0.2, 0.25) is 5.91 Å². The number of rotatable bonds is 7. The van der Waals surface area contributed by atoms with Crippen molar-refractivity contribution in [1.82, 2.24) is 14.8 Å². The van der Waals surface area contributed by atoms with Gasteiger partial charge in [0.05, 0.1) is 18.8 Å². The average molecular weight is 391 g/mol. The topological polar surface area (TPSA) is 91.9 Å². The van der Waals surface area contributed by atoms with Crippen molar-refractivity contribution in [3.05, 3.63) is 22.5 Å². The lowest BCUT2D eigenvalue weighted by Gasteiger charge is -2.34. The Labute approximate surface area is 165 Å². The second kappa shape index (κ2) is 8.77. The van der Waals surface area contributed by atoms with Crippen LogP contribution < -0.4 is 0 Å². The fourth-order valence-corrected chi connectivity index (χ4v) is 3.60. The predicted molar refractivity (Wildman–Crippen MR) is 102 cm³/mol. The number of esters is 2. The maximum atomic E-state index is 12.5. The summed E-state index contributed by atoms with van der Waals surface area (Å²) in [5, 5.41) is 0. The third-order valence-electron chi connectivity index (χ3n) is 5.28. The molecule has 0 unspecified atom stereocenters. The molecule has 0 bridgehead atoms. The van der Waals surface area contributed by atoms with E-state index in [1.54, 1.807) is 20.8 Å². The lowest BCUT2D eigenvalue weighted by Crippen LogP contribution is -2.48. The van der Waals surface area contributed by atoms with Gasteiger partial charge in [-0.3, -0.25) is 9.69 Å². The fraction of sp³-hybridized carbons (Fsp3) is 0.650. The van der Waals surface area contributed by atoms with Crippen molar-refractivity contribution in [2.24, 2.45) is 5.92 Å². The Hall–Kier alpha value is -2.35. The number of nitrogens with zero attached hydrogens (tertiary/aromatic N) is 2. The Morgan fingerprint density at radius 3 is 2.18 bits per heavy atom. The first-order chi connectivity index (χ1) is 13.5. The number of H-pyrrole nitrogens is 1. The SMILES string of the molecule is CCOC(=O)c1[nH]c(CN2CCN(C(=O)C3CC3)CC2)c(C(=O)OCC)c1C. The lowest BCUT2D eigenvalue weighted by molar-refractivity contribution is -0.134. The molecule has 8 heteroatoms. The number of aromatic nitrogens is 1. The van der Waals surface area contributed by atoms with Crippen LogP contribution in [-0.2, 0) is 20.8 Å². The maximum absolute atomic E-state index is 12.5. The predicted octanol–water partition coefficient (Wildman–Crippen LogP) is 1.73. The molecule has 1 N–H and O–H groups in total. The van der Waals surface area contributed by atoms with E-state index in [0.717, 1.165) is 25.9 Å². The van der Waals surface area contributed by atoms with Gasteiger partial charge in [0, 0.05) is 44.3 Å². The summed E-state index contributed by atoms with van der Waals surface area (Å²) < 4.78 is 10.3. The van der Waals surface area contributed by atoms with Gasteiger partial charge in [-0.15, -0.1) is 0 Å². The molecule has 2 aliphatic rings. The van der Waals surface area contributed by atoms with E-state index in [-0.39, 0.29) is 25.0 Å². The molecule has 154 valence electrons. The number of hydrogen-bond donors (Lipinski definition) is 1. The molecule has 28 heavy (non-hydrogen) atoms. The average Bonchev–Trinajstić information content (AvgIpc) is 3.46. The molecule has 0 radical (unpaired) electrons. The number of carbonyl (C=O) groups excluding carboxylic acids is 3. The Bertz CT molecular complexity index is 745. The van der Waals surface area contributed by atoms with Crippen LogP contribution in [0, 0.1) is 12.8 Å². The van der Waals surface area contributed by atoms with Gasteiger partial charge in [-0.05, 0) is 39.2 Å². The molecule has 2 heterocycles. The van der Waals surface area contributed by atoms with Crippen molar-refractivity contribution in [3.63, 3.8) is 0 Å². The van der Waals surface area contributed by atoms with Crippen LogP contribution in [0.5, 0.6) is 0 Å². The minimum absolute atomic E-state index is 0.236. The molecular weight excluding hydrogens is 362 g/mol. The standard InChI is InChI=1S/C20H29N3O5/c1-4-27-19(25)16-13(3)17(20(26)28-5-2)21-15(16)12-22-8-10-23(11-9-22)18(24)14-6-7-14/h14,21H,4-12H2,1-3H3. The number of amides is 1. The van der Waals surface area contributed by atoms with Crippen LogP contribution in [0.4, 0.5) is 0 Å². The molecule has 1 aliphatic carbocycles. The van der Waals surface area contributed by atoms with Crippen molar-refractivity contribution in [2.75, 3.05) is 39.4 Å². The summed E-state index contributed by atoms with van der Waals surface area (Å²) in [5.41, 5.74) is 1.90. The number of nitrogens with one attached hydrogen (secondary N) is 1. The molecular formula is C20H29N3O5. The van der Waals surface area contributed by atoms with Gasteiger partial charge in [-0.2, -0.15) is 0 Å². The van der Waals surface area contributed by atoms with E-state index in [9.17, 15) is 14.4 Å². The van der Waals surface area contributed by atoms with Crippen molar-refractivity contribution < 1.29 is 23.9 Å². The van der Waals surface area contributed by atoms with E-state index >= 15 is 0 Å². The maximum Gasteiger partial charge on any atom is 0.355 e. The molecule has 1 aromatic rings. The van der Waals surface area contributed by atoms with Crippen molar-refractivity contribution in [1.29, 1.82) is 0 Å². The van der Waals surface area contributed by atoms with Gasteiger partial charge in [0.15, 0.2) is 0 Å². The minimum Gasteiger partial charge on any atom is -0.462 e. The first kappa shape index (κ1) is 20.4. The highest BCUT2D eigenvalue weighted by atomic mass is 16.5. The Balaban J connectivity index is 1.73. The quantitative estimate of drug-likeness (QED) is 0.712. The molecule has 1 amide bonds. The zero-order chi connectivity index (χ0) is 20.3.